The normalized spacial score (nSPS) is 12.4. The Morgan fingerprint density at radius 2 is 1.06 bits per heavy atom. The van der Waals surface area contributed by atoms with Crippen LogP contribution < -0.4 is 0 Å². The number of ether oxygens (including phenoxy) is 1. The molecule has 0 amide bonds. The van der Waals surface area contributed by atoms with Gasteiger partial charge in [0.2, 0.25) is 0 Å². The minimum Gasteiger partial charge on any atom is -0.370 e. The molecule has 97 valence electrons. The van der Waals surface area contributed by atoms with Gasteiger partial charge in [0.05, 0.1) is 11.2 Å². The van der Waals surface area contributed by atoms with Crippen molar-refractivity contribution in [3.8, 4) is 0 Å². The van der Waals surface area contributed by atoms with Crippen molar-refractivity contribution in [1.82, 2.24) is 0 Å². The molecule has 1 radical (unpaired) electrons. The van der Waals surface area contributed by atoms with Crippen LogP contribution in [0.1, 0.15) is 80.1 Å². The smallest absolute Gasteiger partial charge is 0.0633 e. The zero-order chi connectivity index (χ0) is 11.9. The molecule has 0 atom stereocenters. The van der Waals surface area contributed by atoms with Gasteiger partial charge in [-0.25, -0.2) is 0 Å². The Kier molecular flexibility index (Phi) is 10.4. The zero-order valence-corrected chi connectivity index (χ0v) is 15.3. The van der Waals surface area contributed by atoms with Gasteiger partial charge < -0.3 is 4.74 Å². The van der Waals surface area contributed by atoms with E-state index in [9.17, 15) is 0 Å². The van der Waals surface area contributed by atoms with Crippen LogP contribution in [0.2, 0.25) is 0 Å². The van der Waals surface area contributed by atoms with E-state index >= 15 is 0 Å². The van der Waals surface area contributed by atoms with Crippen molar-refractivity contribution in [2.45, 2.75) is 91.3 Å². The van der Waals surface area contributed by atoms with Crippen LogP contribution in [0.3, 0.4) is 0 Å². The molecule has 0 aliphatic heterocycles. The summed E-state index contributed by atoms with van der Waals surface area (Å²) in [6.07, 6.45) is 7.36. The van der Waals surface area contributed by atoms with Crippen molar-refractivity contribution in [2.24, 2.45) is 0 Å². The van der Waals surface area contributed by atoms with Gasteiger partial charge in [0.1, 0.15) is 0 Å². The first-order valence-corrected chi connectivity index (χ1v) is 6.53. The maximum Gasteiger partial charge on any atom is 0.0633 e. The van der Waals surface area contributed by atoms with Crippen molar-refractivity contribution in [1.29, 1.82) is 0 Å². The van der Waals surface area contributed by atoms with E-state index in [1.165, 1.54) is 38.5 Å². The molecule has 16 heavy (non-hydrogen) atoms. The molecule has 0 aromatic heterocycles. The first kappa shape index (κ1) is 19.0. The van der Waals surface area contributed by atoms with Crippen LogP contribution in [0.15, 0.2) is 0 Å². The van der Waals surface area contributed by atoms with E-state index in [-0.39, 0.29) is 33.6 Å². The summed E-state index contributed by atoms with van der Waals surface area (Å²) in [5.41, 5.74) is 0.0699. The summed E-state index contributed by atoms with van der Waals surface area (Å²) in [4.78, 5) is 0. The van der Waals surface area contributed by atoms with E-state index in [1.54, 1.807) is 0 Å². The van der Waals surface area contributed by atoms with Gasteiger partial charge in [-0.3, -0.25) is 0 Å². The van der Waals surface area contributed by atoms with Gasteiger partial charge >= 0.3 is 0 Å². The predicted octanol–water partition coefficient (Wildman–Crippen LogP) is 4.94. The number of unbranched alkanes of at least 4 members (excludes halogenated alkanes) is 2. The SMILES string of the molecule is CCCCC(C)(C)OC(C)(C)CCCC.[Ta]. The second-order valence-corrected chi connectivity index (χ2v) is 5.83. The average molecular weight is 395 g/mol. The molecule has 0 spiro atoms. The minimum atomic E-state index is 0. The molecule has 1 nitrogen and oxygen atoms in total. The summed E-state index contributed by atoms with van der Waals surface area (Å²) in [6.45, 7) is 13.3. The first-order valence-electron chi connectivity index (χ1n) is 6.53. The van der Waals surface area contributed by atoms with Crippen molar-refractivity contribution in [3.63, 3.8) is 0 Å². The molecule has 2 heteroatoms. The Hall–Kier alpha value is 0.700. The summed E-state index contributed by atoms with van der Waals surface area (Å²) in [5, 5.41) is 0. The van der Waals surface area contributed by atoms with E-state index in [0.29, 0.717) is 0 Å². The molecule has 0 aromatic rings. The third-order valence-electron chi connectivity index (χ3n) is 2.82. The largest absolute Gasteiger partial charge is 0.370 e. The molecular formula is C14H30OTa. The molecule has 0 fully saturated rings. The van der Waals surface area contributed by atoms with Gasteiger partial charge in [0.15, 0.2) is 0 Å². The molecule has 0 aromatic carbocycles. The van der Waals surface area contributed by atoms with E-state index in [1.807, 2.05) is 0 Å². The standard InChI is InChI=1S/C14H30O.Ta/c1-7-9-11-13(3,4)15-14(5,6)12-10-8-2;/h7-12H2,1-6H3;. The van der Waals surface area contributed by atoms with Crippen LogP contribution >= 0.6 is 0 Å². The van der Waals surface area contributed by atoms with Gasteiger partial charge in [-0.1, -0.05) is 39.5 Å². The Bertz CT molecular complexity index is 146. The van der Waals surface area contributed by atoms with Gasteiger partial charge in [-0.2, -0.15) is 0 Å². The van der Waals surface area contributed by atoms with E-state index in [4.69, 9.17) is 4.74 Å². The zero-order valence-electron chi connectivity index (χ0n) is 12.1. The first-order chi connectivity index (χ1) is 6.83. The topological polar surface area (TPSA) is 9.23 Å². The third kappa shape index (κ3) is 9.89. The molecule has 0 aliphatic rings. The monoisotopic (exact) mass is 395 g/mol. The van der Waals surface area contributed by atoms with Gasteiger partial charge in [0, 0.05) is 22.4 Å². The van der Waals surface area contributed by atoms with Gasteiger partial charge in [-0.15, -0.1) is 0 Å². The van der Waals surface area contributed by atoms with Crippen molar-refractivity contribution >= 4 is 0 Å². The average Bonchev–Trinajstić information content (AvgIpc) is 2.10. The molecule has 0 N–H and O–H groups in total. The fourth-order valence-corrected chi connectivity index (χ4v) is 2.06. The van der Waals surface area contributed by atoms with Crippen LogP contribution in [-0.4, -0.2) is 11.2 Å². The van der Waals surface area contributed by atoms with Crippen molar-refractivity contribution < 1.29 is 27.1 Å². The summed E-state index contributed by atoms with van der Waals surface area (Å²) in [5.74, 6) is 0. The molecular weight excluding hydrogens is 365 g/mol. The van der Waals surface area contributed by atoms with Crippen LogP contribution in [0, 0.1) is 0 Å². The molecule has 0 saturated carbocycles. The Morgan fingerprint density at radius 3 is 1.31 bits per heavy atom. The molecule has 0 rings (SSSR count). The quantitative estimate of drug-likeness (QED) is 0.566. The minimum absolute atomic E-state index is 0. The Balaban J connectivity index is 0. The van der Waals surface area contributed by atoms with Crippen LogP contribution in [0.25, 0.3) is 0 Å². The van der Waals surface area contributed by atoms with Crippen LogP contribution in [0.5, 0.6) is 0 Å². The summed E-state index contributed by atoms with van der Waals surface area (Å²) < 4.78 is 6.23. The van der Waals surface area contributed by atoms with E-state index in [2.05, 4.69) is 41.5 Å². The molecule has 0 bridgehead atoms. The molecule has 0 saturated heterocycles. The maximum absolute atomic E-state index is 6.23. The fourth-order valence-electron chi connectivity index (χ4n) is 2.06. The van der Waals surface area contributed by atoms with Crippen molar-refractivity contribution in [3.05, 3.63) is 0 Å². The summed E-state index contributed by atoms with van der Waals surface area (Å²) in [7, 11) is 0. The van der Waals surface area contributed by atoms with E-state index < -0.39 is 0 Å². The number of hydrogen-bond donors (Lipinski definition) is 0. The Labute approximate surface area is 118 Å². The van der Waals surface area contributed by atoms with Crippen LogP contribution in [0.4, 0.5) is 0 Å². The van der Waals surface area contributed by atoms with E-state index in [0.717, 1.165) is 0 Å². The molecule has 0 unspecified atom stereocenters. The summed E-state index contributed by atoms with van der Waals surface area (Å²) in [6, 6.07) is 0. The summed E-state index contributed by atoms with van der Waals surface area (Å²) >= 11 is 0. The third-order valence-corrected chi connectivity index (χ3v) is 2.82. The number of rotatable bonds is 8. The predicted molar refractivity (Wildman–Crippen MR) is 68.3 cm³/mol. The van der Waals surface area contributed by atoms with Crippen LogP contribution in [-0.2, 0) is 27.1 Å². The van der Waals surface area contributed by atoms with Gasteiger partial charge in [-0.05, 0) is 40.5 Å². The van der Waals surface area contributed by atoms with Gasteiger partial charge in [0.25, 0.3) is 0 Å². The second-order valence-electron chi connectivity index (χ2n) is 5.83. The number of hydrogen-bond acceptors (Lipinski definition) is 1. The molecule has 0 aliphatic carbocycles. The molecule has 0 heterocycles. The second kappa shape index (κ2) is 8.74. The van der Waals surface area contributed by atoms with Crippen molar-refractivity contribution in [2.75, 3.05) is 0 Å². The fraction of sp³-hybridized carbons (Fsp3) is 1.00. The Morgan fingerprint density at radius 1 is 0.750 bits per heavy atom. The maximum atomic E-state index is 6.23.